The Morgan fingerprint density at radius 2 is 2.33 bits per heavy atom. The summed E-state index contributed by atoms with van der Waals surface area (Å²) in [4.78, 5) is 15.3. The summed E-state index contributed by atoms with van der Waals surface area (Å²) in [5.74, 6) is -0.0982. The van der Waals surface area contributed by atoms with Crippen LogP contribution < -0.4 is 0 Å². The van der Waals surface area contributed by atoms with Gasteiger partial charge >= 0.3 is 5.97 Å². The van der Waals surface area contributed by atoms with Crippen molar-refractivity contribution in [1.82, 2.24) is 9.80 Å². The van der Waals surface area contributed by atoms with Crippen molar-refractivity contribution in [2.45, 2.75) is 19.0 Å². The van der Waals surface area contributed by atoms with Crippen molar-refractivity contribution in [3.63, 3.8) is 0 Å². The van der Waals surface area contributed by atoms with Crippen LogP contribution in [-0.2, 0) is 11.3 Å². The molecular formula is C13H18N2O3. The molecule has 0 amide bonds. The molecule has 5 heteroatoms. The molecule has 3 heterocycles. The Morgan fingerprint density at radius 3 is 3.06 bits per heavy atom. The molecule has 0 radical (unpaired) electrons. The molecule has 98 valence electrons. The van der Waals surface area contributed by atoms with E-state index in [0.717, 1.165) is 32.6 Å². The lowest BCUT2D eigenvalue weighted by molar-refractivity contribution is -0.138. The maximum absolute atomic E-state index is 10.8. The molecule has 0 aromatic carbocycles. The standard InChI is InChI=1S/C13H18N2O3/c16-13(17)8-15-6-11-3-12(15)7-14(5-11)4-10-1-2-18-9-10/h1-2,9,11-12H,3-8H2,(H,16,17). The lowest BCUT2D eigenvalue weighted by atomic mass is 10.00. The number of rotatable bonds is 4. The maximum Gasteiger partial charge on any atom is 0.317 e. The van der Waals surface area contributed by atoms with Crippen LogP contribution in [0.1, 0.15) is 12.0 Å². The summed E-state index contributed by atoms with van der Waals surface area (Å²) >= 11 is 0. The monoisotopic (exact) mass is 250 g/mol. The molecule has 2 fully saturated rings. The Morgan fingerprint density at radius 1 is 1.44 bits per heavy atom. The highest BCUT2D eigenvalue weighted by Crippen LogP contribution is 2.30. The summed E-state index contributed by atoms with van der Waals surface area (Å²) in [5.41, 5.74) is 1.20. The third kappa shape index (κ3) is 2.42. The van der Waals surface area contributed by atoms with Crippen LogP contribution in [0.5, 0.6) is 0 Å². The summed E-state index contributed by atoms with van der Waals surface area (Å²) in [6.45, 7) is 4.05. The summed E-state index contributed by atoms with van der Waals surface area (Å²) in [6, 6.07) is 2.40. The van der Waals surface area contributed by atoms with Crippen LogP contribution in [0.25, 0.3) is 0 Å². The lowest BCUT2D eigenvalue weighted by Gasteiger charge is -2.32. The fraction of sp³-hybridized carbons (Fsp3) is 0.615. The SMILES string of the molecule is O=C(O)CN1CC2CC1CN(Cc1ccoc1)C2. The molecule has 2 atom stereocenters. The van der Waals surface area contributed by atoms with E-state index in [1.165, 1.54) is 5.56 Å². The molecule has 1 aromatic rings. The number of fused-ring (bicyclic) bond motifs is 2. The predicted molar refractivity (Wildman–Crippen MR) is 65.1 cm³/mol. The van der Waals surface area contributed by atoms with Crippen LogP contribution in [0.3, 0.4) is 0 Å². The Hall–Kier alpha value is -1.33. The number of carboxylic acids is 1. The molecule has 2 aliphatic rings. The largest absolute Gasteiger partial charge is 0.480 e. The molecule has 1 N–H and O–H groups in total. The van der Waals surface area contributed by atoms with Gasteiger partial charge in [-0.05, 0) is 18.4 Å². The normalized spacial score (nSPS) is 28.7. The van der Waals surface area contributed by atoms with Crippen LogP contribution in [0.4, 0.5) is 0 Å². The van der Waals surface area contributed by atoms with Crippen molar-refractivity contribution >= 4 is 5.97 Å². The fourth-order valence-electron chi connectivity index (χ4n) is 3.29. The van der Waals surface area contributed by atoms with Gasteiger partial charge in [-0.2, -0.15) is 0 Å². The number of aliphatic carboxylic acids is 1. The van der Waals surface area contributed by atoms with Crippen LogP contribution in [-0.4, -0.2) is 53.1 Å². The fourth-order valence-corrected chi connectivity index (χ4v) is 3.29. The second kappa shape index (κ2) is 4.74. The Balaban J connectivity index is 1.61. The highest BCUT2D eigenvalue weighted by Gasteiger charge is 2.38. The van der Waals surface area contributed by atoms with Gasteiger partial charge in [0, 0.05) is 37.8 Å². The molecule has 0 saturated carbocycles. The number of hydrogen-bond acceptors (Lipinski definition) is 4. The quantitative estimate of drug-likeness (QED) is 0.859. The van der Waals surface area contributed by atoms with E-state index in [0.29, 0.717) is 12.0 Å². The second-order valence-corrected chi connectivity index (χ2v) is 5.40. The lowest BCUT2D eigenvalue weighted by Crippen LogP contribution is -2.43. The van der Waals surface area contributed by atoms with Gasteiger partial charge in [0.15, 0.2) is 0 Å². The zero-order valence-electron chi connectivity index (χ0n) is 10.3. The van der Waals surface area contributed by atoms with Gasteiger partial charge in [0.05, 0.1) is 19.1 Å². The first-order valence-corrected chi connectivity index (χ1v) is 6.40. The minimum Gasteiger partial charge on any atom is -0.480 e. The molecule has 0 spiro atoms. The average Bonchev–Trinajstić information content (AvgIpc) is 2.88. The van der Waals surface area contributed by atoms with Gasteiger partial charge in [-0.1, -0.05) is 0 Å². The van der Waals surface area contributed by atoms with E-state index in [4.69, 9.17) is 9.52 Å². The molecule has 2 unspecified atom stereocenters. The van der Waals surface area contributed by atoms with Crippen molar-refractivity contribution < 1.29 is 14.3 Å². The first kappa shape index (κ1) is 11.7. The van der Waals surface area contributed by atoms with Gasteiger partial charge in [-0.15, -0.1) is 0 Å². The van der Waals surface area contributed by atoms with E-state index in [-0.39, 0.29) is 6.54 Å². The topological polar surface area (TPSA) is 56.9 Å². The van der Waals surface area contributed by atoms with E-state index in [9.17, 15) is 4.79 Å². The number of carboxylic acid groups (broad SMARTS) is 1. The number of hydrogen-bond donors (Lipinski definition) is 1. The molecule has 2 saturated heterocycles. The van der Waals surface area contributed by atoms with Crippen molar-refractivity contribution in [1.29, 1.82) is 0 Å². The van der Waals surface area contributed by atoms with Gasteiger partial charge in [-0.3, -0.25) is 14.6 Å². The van der Waals surface area contributed by atoms with E-state index in [1.807, 2.05) is 6.07 Å². The zero-order chi connectivity index (χ0) is 12.5. The van der Waals surface area contributed by atoms with Crippen LogP contribution in [0, 0.1) is 5.92 Å². The van der Waals surface area contributed by atoms with Crippen LogP contribution >= 0.6 is 0 Å². The van der Waals surface area contributed by atoms with E-state index in [1.54, 1.807) is 12.5 Å². The maximum atomic E-state index is 10.8. The highest BCUT2D eigenvalue weighted by atomic mass is 16.4. The Labute approximate surface area is 106 Å². The predicted octanol–water partition coefficient (Wildman–Crippen LogP) is 0.870. The first-order chi connectivity index (χ1) is 8.70. The molecule has 3 rings (SSSR count). The van der Waals surface area contributed by atoms with Crippen molar-refractivity contribution in [2.75, 3.05) is 26.2 Å². The second-order valence-electron chi connectivity index (χ2n) is 5.40. The minimum absolute atomic E-state index is 0.181. The number of nitrogens with zero attached hydrogens (tertiary/aromatic N) is 2. The van der Waals surface area contributed by atoms with Crippen LogP contribution in [0.15, 0.2) is 23.0 Å². The molecule has 1 aromatic heterocycles. The zero-order valence-corrected chi connectivity index (χ0v) is 10.3. The highest BCUT2D eigenvalue weighted by molar-refractivity contribution is 5.69. The van der Waals surface area contributed by atoms with Crippen molar-refractivity contribution in [3.05, 3.63) is 24.2 Å². The molecule has 2 bridgehead atoms. The third-order valence-electron chi connectivity index (χ3n) is 3.92. The molecule has 5 nitrogen and oxygen atoms in total. The first-order valence-electron chi connectivity index (χ1n) is 6.40. The average molecular weight is 250 g/mol. The van der Waals surface area contributed by atoms with Gasteiger partial charge < -0.3 is 9.52 Å². The minimum atomic E-state index is -0.719. The molecular weight excluding hydrogens is 232 g/mol. The molecule has 2 aliphatic heterocycles. The van der Waals surface area contributed by atoms with Gasteiger partial charge in [-0.25, -0.2) is 0 Å². The van der Waals surface area contributed by atoms with Crippen molar-refractivity contribution in [3.8, 4) is 0 Å². The van der Waals surface area contributed by atoms with E-state index >= 15 is 0 Å². The van der Waals surface area contributed by atoms with Gasteiger partial charge in [0.25, 0.3) is 0 Å². The number of likely N-dealkylation sites (tertiary alicyclic amines) is 2. The van der Waals surface area contributed by atoms with E-state index < -0.39 is 5.97 Å². The van der Waals surface area contributed by atoms with Gasteiger partial charge in [0.1, 0.15) is 0 Å². The van der Waals surface area contributed by atoms with Crippen LogP contribution in [0.2, 0.25) is 0 Å². The number of furan rings is 1. The van der Waals surface area contributed by atoms with Crippen molar-refractivity contribution in [2.24, 2.45) is 5.92 Å². The summed E-state index contributed by atoms with van der Waals surface area (Å²) in [5, 5.41) is 8.90. The Bertz CT molecular complexity index is 418. The summed E-state index contributed by atoms with van der Waals surface area (Å²) < 4.78 is 5.08. The Kier molecular flexibility index (Phi) is 3.09. The van der Waals surface area contributed by atoms with Gasteiger partial charge in [0.2, 0.25) is 0 Å². The van der Waals surface area contributed by atoms with E-state index in [2.05, 4.69) is 9.80 Å². The number of piperidine rings is 1. The molecule has 0 aliphatic carbocycles. The molecule has 18 heavy (non-hydrogen) atoms. The number of carbonyl (C=O) groups is 1. The third-order valence-corrected chi connectivity index (χ3v) is 3.92. The summed E-state index contributed by atoms with van der Waals surface area (Å²) in [7, 11) is 0. The summed E-state index contributed by atoms with van der Waals surface area (Å²) in [6.07, 6.45) is 4.63. The smallest absolute Gasteiger partial charge is 0.317 e.